The molecule has 2 aromatic carbocycles. The van der Waals surface area contributed by atoms with Gasteiger partial charge in [0.15, 0.2) is 5.96 Å². The molecule has 5 aliphatic rings. The fourth-order valence-corrected chi connectivity index (χ4v) is 8.68. The van der Waals surface area contributed by atoms with Crippen LogP contribution in [0.3, 0.4) is 0 Å². The van der Waals surface area contributed by atoms with Crippen LogP contribution < -0.4 is 21.1 Å². The van der Waals surface area contributed by atoms with Gasteiger partial charge in [0.25, 0.3) is 5.56 Å². The molecule has 250 valence electrons. The quantitative estimate of drug-likeness (QED) is 0.254. The van der Waals surface area contributed by atoms with Crippen molar-refractivity contribution in [1.82, 2.24) is 19.8 Å². The Morgan fingerprint density at radius 1 is 1.11 bits per heavy atom. The van der Waals surface area contributed by atoms with Crippen LogP contribution in [0.4, 0.5) is 11.6 Å². The van der Waals surface area contributed by atoms with Crippen molar-refractivity contribution in [2.24, 2.45) is 28.2 Å². The largest absolute Gasteiger partial charge is 0.389 e. The molecule has 2 bridgehead atoms. The molecule has 2 saturated heterocycles. The number of nitrogens with one attached hydrogen (secondary N) is 2. The van der Waals surface area contributed by atoms with Crippen LogP contribution in [0.25, 0.3) is 10.9 Å². The smallest absolute Gasteiger partial charge is 0.262 e. The molecule has 5 atom stereocenters. The minimum absolute atomic E-state index is 0.00621. The van der Waals surface area contributed by atoms with Crippen LogP contribution in [0.1, 0.15) is 46.1 Å². The lowest BCUT2D eigenvalue weighted by molar-refractivity contribution is -0.124. The molecule has 47 heavy (non-hydrogen) atoms. The minimum atomic E-state index is -0.462. The molecule has 8 rings (SSSR count). The Bertz CT molecular complexity index is 1800. The second-order valence-electron chi connectivity index (χ2n) is 14.6. The van der Waals surface area contributed by atoms with Crippen molar-refractivity contribution in [3.05, 3.63) is 62.4 Å². The van der Waals surface area contributed by atoms with Crippen LogP contribution in [0.2, 0.25) is 10.0 Å². The third-order valence-electron chi connectivity index (χ3n) is 11.1. The first-order chi connectivity index (χ1) is 22.4. The summed E-state index contributed by atoms with van der Waals surface area (Å²) in [5.74, 6) is 2.91. The van der Waals surface area contributed by atoms with Crippen LogP contribution in [0.15, 0.2) is 46.2 Å². The highest BCUT2D eigenvalue weighted by Crippen LogP contribution is 2.61. The summed E-state index contributed by atoms with van der Waals surface area (Å²) in [5.41, 5.74) is 2.38. The Morgan fingerprint density at radius 2 is 1.89 bits per heavy atom. The molecule has 1 aromatic heterocycles. The van der Waals surface area contributed by atoms with Crippen molar-refractivity contribution in [3.8, 4) is 0 Å². The number of aliphatic hydroxyl groups excluding tert-OH is 1. The fraction of sp³-hybridized carbons (Fsp3) is 0.543. The third kappa shape index (κ3) is 6.08. The molecule has 3 aromatic rings. The number of aryl methyl sites for hydroxylation is 1. The summed E-state index contributed by atoms with van der Waals surface area (Å²) in [6, 6.07) is 11.1. The summed E-state index contributed by atoms with van der Waals surface area (Å²) in [6.45, 7) is 11.1. The lowest BCUT2D eigenvalue weighted by Crippen LogP contribution is -2.58. The second-order valence-corrected chi connectivity index (χ2v) is 15.4. The molecule has 0 radical (unpaired) electrons. The summed E-state index contributed by atoms with van der Waals surface area (Å²) >= 11 is 12.5. The van der Waals surface area contributed by atoms with Gasteiger partial charge in [0.1, 0.15) is 0 Å². The number of β-amino-alcohol motifs (C(OH)–C–C–N with tert-alkyl or cyclic N) is 1. The number of hydrogen-bond acceptors (Lipinski definition) is 6. The molecule has 12 heteroatoms. The maximum Gasteiger partial charge on any atom is 0.262 e. The zero-order valence-corrected chi connectivity index (χ0v) is 28.9. The summed E-state index contributed by atoms with van der Waals surface area (Å²) in [7, 11) is 0. The number of aromatic nitrogens is 2. The van der Waals surface area contributed by atoms with E-state index in [0.717, 1.165) is 17.7 Å². The highest BCUT2D eigenvalue weighted by molar-refractivity contribution is 6.35. The van der Waals surface area contributed by atoms with Gasteiger partial charge in [0, 0.05) is 48.0 Å². The van der Waals surface area contributed by atoms with Gasteiger partial charge in [0.2, 0.25) is 11.9 Å². The lowest BCUT2D eigenvalue weighted by atomic mass is 9.45. The van der Waals surface area contributed by atoms with Gasteiger partial charge in [-0.25, -0.2) is 9.98 Å². The van der Waals surface area contributed by atoms with Gasteiger partial charge in [-0.05, 0) is 85.3 Å². The van der Waals surface area contributed by atoms with E-state index in [-0.39, 0.29) is 30.1 Å². The van der Waals surface area contributed by atoms with Crippen molar-refractivity contribution in [3.63, 3.8) is 0 Å². The molecule has 3 saturated carbocycles. The maximum absolute atomic E-state index is 14.0. The minimum Gasteiger partial charge on any atom is -0.389 e. The summed E-state index contributed by atoms with van der Waals surface area (Å²) in [6.07, 6.45) is 2.36. The zero-order chi connectivity index (χ0) is 33.2. The predicted molar refractivity (Wildman–Crippen MR) is 188 cm³/mol. The first-order valence-corrected chi connectivity index (χ1v) is 17.4. The molecular weight excluding hydrogens is 637 g/mol. The van der Waals surface area contributed by atoms with E-state index in [1.807, 2.05) is 34.9 Å². The number of anilines is 2. The average Bonchev–Trinajstić information content (AvgIpc) is 2.99. The number of carbonyl (C=O) groups excluding carboxylic acids is 1. The number of benzene rings is 2. The van der Waals surface area contributed by atoms with E-state index in [4.69, 9.17) is 33.2 Å². The molecule has 1 amide bonds. The standard InChI is InChI=1S/C35H43Cl2N7O3/c1-19-15-42(18-31(46)38-19)33(40-29-12-22-11-27(20(29)2)35(22,3)4)39-24-7-8-26-30(14-24)41-34(43-16-25(45)17-43)44(32(26)47)10-9-21-5-6-23(36)13-28(21)37/h5-8,13-14,19-20,22,25,27,29,45H,9-12,15-18H2,1-4H3,(H,38,46)(H,39,40)/t19-,20-,22+,27-,29-/m0/s1. The summed E-state index contributed by atoms with van der Waals surface area (Å²) in [4.78, 5) is 40.8. The number of guanidine groups is 1. The third-order valence-corrected chi connectivity index (χ3v) is 11.7. The van der Waals surface area contributed by atoms with Crippen molar-refractivity contribution in [2.45, 2.75) is 71.7 Å². The number of hydrogen-bond donors (Lipinski definition) is 3. The summed E-state index contributed by atoms with van der Waals surface area (Å²) in [5, 5.41) is 18.2. The van der Waals surface area contributed by atoms with E-state index in [0.29, 0.717) is 88.6 Å². The Hall–Kier alpha value is -3.34. The number of carbonyl (C=O) groups is 1. The first kappa shape index (κ1) is 32.2. The molecule has 3 aliphatic carbocycles. The van der Waals surface area contributed by atoms with Crippen molar-refractivity contribution < 1.29 is 9.90 Å². The van der Waals surface area contributed by atoms with Gasteiger partial charge in [-0.3, -0.25) is 14.2 Å². The number of halogens is 2. The van der Waals surface area contributed by atoms with Gasteiger partial charge in [-0.2, -0.15) is 0 Å². The molecule has 3 N–H and O–H groups in total. The summed E-state index contributed by atoms with van der Waals surface area (Å²) < 4.78 is 1.67. The number of aliphatic imine (C=N–C) groups is 1. The van der Waals surface area contributed by atoms with Crippen LogP contribution in [0.5, 0.6) is 0 Å². The molecule has 0 spiro atoms. The Balaban J connectivity index is 1.21. The van der Waals surface area contributed by atoms with E-state index in [1.165, 1.54) is 6.42 Å². The average molecular weight is 681 g/mol. The van der Waals surface area contributed by atoms with Crippen LogP contribution in [-0.4, -0.2) is 75.8 Å². The molecule has 0 unspecified atom stereocenters. The van der Waals surface area contributed by atoms with Gasteiger partial charge in [0.05, 0.1) is 29.6 Å². The van der Waals surface area contributed by atoms with Crippen LogP contribution >= 0.6 is 23.2 Å². The predicted octanol–water partition coefficient (Wildman–Crippen LogP) is 4.79. The fourth-order valence-electron chi connectivity index (χ4n) is 8.17. The normalized spacial score (nSPS) is 27.3. The second kappa shape index (κ2) is 12.3. The van der Waals surface area contributed by atoms with Gasteiger partial charge in [-0.15, -0.1) is 0 Å². The van der Waals surface area contributed by atoms with Crippen molar-refractivity contribution >= 4 is 57.6 Å². The highest BCUT2D eigenvalue weighted by atomic mass is 35.5. The van der Waals surface area contributed by atoms with E-state index in [2.05, 4.69) is 31.4 Å². The van der Waals surface area contributed by atoms with E-state index < -0.39 is 6.10 Å². The number of amides is 1. The van der Waals surface area contributed by atoms with Crippen LogP contribution in [-0.2, 0) is 17.8 Å². The number of piperazine rings is 1. The number of fused-ring (bicyclic) bond motifs is 3. The van der Waals surface area contributed by atoms with E-state index >= 15 is 0 Å². The Labute approximate surface area is 285 Å². The molecule has 10 nitrogen and oxygen atoms in total. The van der Waals surface area contributed by atoms with Gasteiger partial charge < -0.3 is 25.5 Å². The highest BCUT2D eigenvalue weighted by Gasteiger charge is 2.56. The SMILES string of the molecule is C[C@@H]1[C@@H](N=C(Nc2ccc3c(=O)n(CCc4ccc(Cl)cc4Cl)c(N4CC(O)C4)nc3c2)N2CC(=O)N[C@@H](C)C2)C[C@H]2C[C@@H]1C2(C)C. The topological polar surface area (TPSA) is 115 Å². The maximum atomic E-state index is 14.0. The molecule has 3 heterocycles. The van der Waals surface area contributed by atoms with Crippen molar-refractivity contribution in [2.75, 3.05) is 36.4 Å². The van der Waals surface area contributed by atoms with E-state index in [9.17, 15) is 14.7 Å². The zero-order valence-electron chi connectivity index (χ0n) is 27.3. The number of aliphatic hydroxyl groups is 1. The van der Waals surface area contributed by atoms with Gasteiger partial charge >= 0.3 is 0 Å². The first-order valence-electron chi connectivity index (χ1n) is 16.7. The molecular formula is C35H43Cl2N7O3. The molecule has 2 aliphatic heterocycles. The number of nitrogens with zero attached hydrogens (tertiary/aromatic N) is 5. The number of rotatable bonds is 6. The Morgan fingerprint density at radius 3 is 2.57 bits per heavy atom. The molecule has 5 fully saturated rings. The monoisotopic (exact) mass is 679 g/mol. The Kier molecular flexibility index (Phi) is 8.42. The van der Waals surface area contributed by atoms with Crippen molar-refractivity contribution in [1.29, 1.82) is 0 Å². The van der Waals surface area contributed by atoms with Gasteiger partial charge in [-0.1, -0.05) is 50.0 Å². The van der Waals surface area contributed by atoms with E-state index in [1.54, 1.807) is 22.8 Å². The van der Waals surface area contributed by atoms with Crippen LogP contribution in [0, 0.1) is 23.2 Å². The lowest BCUT2D eigenvalue weighted by Gasteiger charge is -2.61.